The van der Waals surface area contributed by atoms with E-state index in [1.165, 1.54) is 45.4 Å². The average molecular weight is 470 g/mol. The number of ether oxygens (including phenoxy) is 4. The summed E-state index contributed by atoms with van der Waals surface area (Å²) in [6.45, 7) is 0.718. The molecule has 12 heteroatoms. The van der Waals surface area contributed by atoms with E-state index < -0.39 is 47.9 Å². The van der Waals surface area contributed by atoms with Crippen molar-refractivity contribution in [2.75, 3.05) is 26.1 Å². The molecule has 0 bridgehead atoms. The van der Waals surface area contributed by atoms with Crippen LogP contribution in [0.5, 0.6) is 17.2 Å². The first-order valence-corrected chi connectivity index (χ1v) is 9.33. The Kier molecular flexibility index (Phi) is 8.10. The molecule has 0 fully saturated rings. The molecule has 0 aliphatic rings. The maximum atomic E-state index is 13.1. The van der Waals surface area contributed by atoms with Crippen LogP contribution in [0.2, 0.25) is 0 Å². The van der Waals surface area contributed by atoms with Crippen molar-refractivity contribution in [3.05, 3.63) is 47.5 Å². The molecule has 0 aliphatic heterocycles. The summed E-state index contributed by atoms with van der Waals surface area (Å²) in [6, 6.07) is 6.82. The molecule has 0 aliphatic carbocycles. The lowest BCUT2D eigenvalue weighted by atomic mass is 10.1. The molecule has 0 aromatic heterocycles. The topological polar surface area (TPSA) is 126 Å². The zero-order valence-corrected chi connectivity index (χ0v) is 17.8. The van der Waals surface area contributed by atoms with Gasteiger partial charge in [-0.2, -0.15) is 13.2 Å². The van der Waals surface area contributed by atoms with E-state index in [0.29, 0.717) is 0 Å². The molecule has 2 aromatic carbocycles. The lowest BCUT2D eigenvalue weighted by Gasteiger charge is -2.18. The smallest absolute Gasteiger partial charge is 0.418 e. The van der Waals surface area contributed by atoms with Crippen LogP contribution in [0.4, 0.5) is 18.9 Å². The quantitative estimate of drug-likeness (QED) is 0.540. The highest BCUT2D eigenvalue weighted by Crippen LogP contribution is 2.39. The second-order valence-corrected chi connectivity index (χ2v) is 6.55. The Morgan fingerprint density at radius 2 is 1.64 bits per heavy atom. The van der Waals surface area contributed by atoms with Crippen LogP contribution in [0, 0.1) is 0 Å². The number of hydrogen-bond donors (Lipinski definition) is 2. The van der Waals surface area contributed by atoms with E-state index >= 15 is 0 Å². The Bertz CT molecular complexity index is 1020. The van der Waals surface area contributed by atoms with Crippen LogP contribution in [0.25, 0.3) is 0 Å². The Morgan fingerprint density at radius 1 is 1.06 bits per heavy atom. The summed E-state index contributed by atoms with van der Waals surface area (Å²) in [4.78, 5) is 35.9. The summed E-state index contributed by atoms with van der Waals surface area (Å²) < 4.78 is 59.9. The van der Waals surface area contributed by atoms with Gasteiger partial charge >= 0.3 is 12.1 Å². The van der Waals surface area contributed by atoms with Crippen LogP contribution >= 0.6 is 0 Å². The molecule has 33 heavy (non-hydrogen) atoms. The first-order chi connectivity index (χ1) is 15.5. The highest BCUT2D eigenvalue weighted by molar-refractivity contribution is 5.98. The molecule has 1 unspecified atom stereocenters. The van der Waals surface area contributed by atoms with Gasteiger partial charge in [-0.3, -0.25) is 9.59 Å². The zero-order chi connectivity index (χ0) is 24.8. The number of hydrogen-bond acceptors (Lipinski definition) is 7. The van der Waals surface area contributed by atoms with Gasteiger partial charge in [-0.05, 0) is 31.2 Å². The second-order valence-electron chi connectivity index (χ2n) is 6.55. The number of esters is 1. The van der Waals surface area contributed by atoms with E-state index in [0.717, 1.165) is 12.1 Å². The number of primary amides is 1. The van der Waals surface area contributed by atoms with Crippen LogP contribution in [-0.2, 0) is 20.5 Å². The van der Waals surface area contributed by atoms with Crippen molar-refractivity contribution in [1.82, 2.24) is 0 Å². The van der Waals surface area contributed by atoms with Crippen molar-refractivity contribution >= 4 is 23.5 Å². The van der Waals surface area contributed by atoms with Crippen LogP contribution in [-0.4, -0.2) is 44.7 Å². The van der Waals surface area contributed by atoms with Crippen molar-refractivity contribution in [1.29, 1.82) is 0 Å². The van der Waals surface area contributed by atoms with Crippen molar-refractivity contribution in [3.8, 4) is 17.2 Å². The molecule has 0 spiro atoms. The van der Waals surface area contributed by atoms with Gasteiger partial charge < -0.3 is 30.0 Å². The third-order valence-corrected chi connectivity index (χ3v) is 4.20. The number of nitrogens with two attached hydrogens (primary N) is 1. The van der Waals surface area contributed by atoms with Gasteiger partial charge in [-0.15, -0.1) is 0 Å². The fourth-order valence-corrected chi connectivity index (χ4v) is 2.64. The molecule has 1 atom stereocenters. The summed E-state index contributed by atoms with van der Waals surface area (Å²) in [6.07, 6.45) is -6.13. The van der Waals surface area contributed by atoms with Gasteiger partial charge in [0.05, 0.1) is 31.0 Å². The average Bonchev–Trinajstić information content (AvgIpc) is 2.76. The summed E-state index contributed by atoms with van der Waals surface area (Å²) in [7, 11) is 2.55. The summed E-state index contributed by atoms with van der Waals surface area (Å²) in [5, 5.41) is 2.11. The number of anilines is 1. The number of nitrogens with one attached hydrogen (secondary N) is 1. The van der Waals surface area contributed by atoms with Crippen molar-refractivity contribution in [3.63, 3.8) is 0 Å². The number of rotatable bonds is 9. The molecule has 178 valence electrons. The molecule has 9 nitrogen and oxygen atoms in total. The fraction of sp³-hybridized carbons (Fsp3) is 0.286. The molecule has 0 radical (unpaired) electrons. The van der Waals surface area contributed by atoms with Crippen molar-refractivity contribution in [2.45, 2.75) is 19.2 Å². The third kappa shape index (κ3) is 6.51. The van der Waals surface area contributed by atoms with Gasteiger partial charge in [0.25, 0.3) is 11.8 Å². The first kappa shape index (κ1) is 25.3. The number of methoxy groups -OCH3 is 2. The molecule has 2 rings (SSSR count). The second kappa shape index (κ2) is 10.6. The maximum absolute atomic E-state index is 13.1. The molecule has 0 heterocycles. The van der Waals surface area contributed by atoms with Crippen LogP contribution in [0.15, 0.2) is 36.4 Å². The van der Waals surface area contributed by atoms with E-state index in [-0.39, 0.29) is 22.8 Å². The van der Waals surface area contributed by atoms with E-state index in [9.17, 15) is 27.6 Å². The maximum Gasteiger partial charge on any atom is 0.418 e. The minimum Gasteiger partial charge on any atom is -0.493 e. The van der Waals surface area contributed by atoms with Crippen molar-refractivity contribution < 1.29 is 46.5 Å². The Balaban J connectivity index is 2.19. The number of carbonyl (C=O) groups excluding carboxylic acids is 3. The number of para-hydroxylation sites is 1. The Labute approximate surface area is 186 Å². The summed E-state index contributed by atoms with van der Waals surface area (Å²) in [5.74, 6) is -2.68. The van der Waals surface area contributed by atoms with Gasteiger partial charge in [0.15, 0.2) is 24.2 Å². The van der Waals surface area contributed by atoms with E-state index in [1.807, 2.05) is 0 Å². The molecule has 0 saturated carbocycles. The fourth-order valence-electron chi connectivity index (χ4n) is 2.64. The number of amides is 2. The highest BCUT2D eigenvalue weighted by atomic mass is 19.4. The predicted octanol–water partition coefficient (Wildman–Crippen LogP) is 2.77. The third-order valence-electron chi connectivity index (χ3n) is 4.20. The lowest BCUT2D eigenvalue weighted by molar-refractivity contribution is -0.137. The monoisotopic (exact) mass is 470 g/mol. The van der Waals surface area contributed by atoms with E-state index in [1.54, 1.807) is 0 Å². The minimum atomic E-state index is -4.69. The van der Waals surface area contributed by atoms with E-state index in [2.05, 4.69) is 5.32 Å². The van der Waals surface area contributed by atoms with Gasteiger partial charge in [0.2, 0.25) is 5.75 Å². The normalized spacial score (nSPS) is 11.8. The molecular formula is C21H21F3N2O7. The number of halogens is 3. The number of alkyl halides is 3. The largest absolute Gasteiger partial charge is 0.493 e. The number of carbonyl (C=O) groups is 3. The van der Waals surface area contributed by atoms with Gasteiger partial charge in [-0.1, -0.05) is 12.1 Å². The van der Waals surface area contributed by atoms with Gasteiger partial charge in [0, 0.05) is 0 Å². The number of benzene rings is 2. The van der Waals surface area contributed by atoms with Gasteiger partial charge in [-0.25, -0.2) is 4.79 Å². The summed E-state index contributed by atoms with van der Waals surface area (Å²) in [5.41, 5.74) is 3.43. The molecular weight excluding hydrogens is 449 g/mol. The van der Waals surface area contributed by atoms with Crippen molar-refractivity contribution in [2.24, 2.45) is 5.73 Å². The summed E-state index contributed by atoms with van der Waals surface area (Å²) >= 11 is 0. The zero-order valence-electron chi connectivity index (χ0n) is 17.8. The van der Waals surface area contributed by atoms with Crippen LogP contribution in [0.3, 0.4) is 0 Å². The Morgan fingerprint density at radius 3 is 2.15 bits per heavy atom. The highest BCUT2D eigenvalue weighted by Gasteiger charge is 2.34. The van der Waals surface area contributed by atoms with Gasteiger partial charge in [0.1, 0.15) is 0 Å². The lowest BCUT2D eigenvalue weighted by Crippen LogP contribution is -2.30. The SMILES string of the molecule is COc1cc(C(=O)OC(C)C(=O)Nc2ccccc2C(F)(F)F)cc(OC)c1OCC(N)=O. The van der Waals surface area contributed by atoms with Crippen LogP contribution < -0.4 is 25.3 Å². The van der Waals surface area contributed by atoms with Crippen LogP contribution in [0.1, 0.15) is 22.8 Å². The standard InChI is InChI=1S/C21H21F3N2O7/c1-11(19(28)26-14-7-5-4-6-13(14)21(22,23)24)33-20(29)12-8-15(30-2)18(16(9-12)31-3)32-10-17(25)27/h4-9,11H,10H2,1-3H3,(H2,25,27)(H,26,28). The predicted molar refractivity (Wildman–Crippen MR) is 109 cm³/mol. The minimum absolute atomic E-state index is 0.00454. The molecule has 2 aromatic rings. The molecule has 0 saturated heterocycles. The molecule has 2 amide bonds. The first-order valence-electron chi connectivity index (χ1n) is 9.33. The molecule has 3 N–H and O–H groups in total. The Hall–Kier alpha value is -3.96. The van der Waals surface area contributed by atoms with E-state index in [4.69, 9.17) is 24.7 Å².